The summed E-state index contributed by atoms with van der Waals surface area (Å²) in [5.74, 6) is -1.04. The molecule has 0 heterocycles. The van der Waals surface area contributed by atoms with Crippen LogP contribution in [0.15, 0.2) is 58.6 Å². The van der Waals surface area contributed by atoms with Gasteiger partial charge in [0.2, 0.25) is 0 Å². The van der Waals surface area contributed by atoms with E-state index in [4.69, 9.17) is 5.26 Å². The summed E-state index contributed by atoms with van der Waals surface area (Å²) in [6.07, 6.45) is 1.24. The molecule has 3 nitrogen and oxygen atoms in total. The molecule has 0 saturated heterocycles. The smallest absolute Gasteiger partial charge is 0.262 e. The van der Waals surface area contributed by atoms with E-state index in [2.05, 4.69) is 21.2 Å². The van der Waals surface area contributed by atoms with Gasteiger partial charge in [-0.05, 0) is 23.8 Å². The molecular weight excluding hydrogens is 347 g/mol. The molecule has 0 aliphatic heterocycles. The van der Waals surface area contributed by atoms with E-state index in [0.29, 0.717) is 11.0 Å². The molecule has 0 atom stereocenters. The highest BCUT2D eigenvalue weighted by molar-refractivity contribution is 9.10. The van der Waals surface area contributed by atoms with Crippen LogP contribution in [0.2, 0.25) is 0 Å². The van der Waals surface area contributed by atoms with Gasteiger partial charge in [0.05, 0.1) is 0 Å². The van der Waals surface area contributed by atoms with Gasteiger partial charge in [-0.3, -0.25) is 4.79 Å². The monoisotopic (exact) mass is 358 g/mol. The zero-order chi connectivity index (χ0) is 15.9. The molecule has 0 unspecified atom stereocenters. The van der Waals surface area contributed by atoms with Crippen LogP contribution in [0.4, 0.5) is 4.39 Å². The Morgan fingerprint density at radius 3 is 2.64 bits per heavy atom. The Morgan fingerprint density at radius 1 is 1.27 bits per heavy atom. The molecular formula is C17H12BrFN2O. The van der Waals surface area contributed by atoms with Gasteiger partial charge >= 0.3 is 0 Å². The highest BCUT2D eigenvalue weighted by atomic mass is 79.9. The van der Waals surface area contributed by atoms with Gasteiger partial charge in [0, 0.05) is 16.6 Å². The number of hydrogen-bond acceptors (Lipinski definition) is 2. The Labute approximate surface area is 136 Å². The van der Waals surface area contributed by atoms with E-state index in [1.54, 1.807) is 12.1 Å². The normalized spacial score (nSPS) is 10.9. The molecule has 0 aromatic heterocycles. The Kier molecular flexibility index (Phi) is 5.45. The van der Waals surface area contributed by atoms with Crippen LogP contribution in [-0.2, 0) is 11.3 Å². The summed E-state index contributed by atoms with van der Waals surface area (Å²) in [4.78, 5) is 12.0. The number of hydrogen-bond donors (Lipinski definition) is 1. The molecule has 22 heavy (non-hydrogen) atoms. The topological polar surface area (TPSA) is 52.9 Å². The Bertz CT molecular complexity index is 751. The lowest BCUT2D eigenvalue weighted by Crippen LogP contribution is -2.23. The third kappa shape index (κ3) is 4.27. The van der Waals surface area contributed by atoms with Crippen LogP contribution in [0, 0.1) is 17.1 Å². The number of rotatable bonds is 4. The van der Waals surface area contributed by atoms with Crippen LogP contribution in [-0.4, -0.2) is 5.91 Å². The lowest BCUT2D eigenvalue weighted by atomic mass is 10.1. The number of amides is 1. The van der Waals surface area contributed by atoms with Crippen LogP contribution < -0.4 is 5.32 Å². The van der Waals surface area contributed by atoms with E-state index in [1.807, 2.05) is 30.3 Å². The third-order valence-corrected chi connectivity index (χ3v) is 3.42. The standard InChI is InChI=1S/C17H12BrFN2O/c18-15-7-6-13(16(19)9-15)8-14(10-20)17(22)21-11-12-4-2-1-3-5-12/h1-9H,11H2,(H,21,22). The van der Waals surface area contributed by atoms with E-state index in [1.165, 1.54) is 18.2 Å². The molecule has 2 aromatic carbocycles. The van der Waals surface area contributed by atoms with Crippen LogP contribution in [0.5, 0.6) is 0 Å². The number of nitrogens with one attached hydrogen (secondary N) is 1. The molecule has 0 saturated carbocycles. The van der Waals surface area contributed by atoms with E-state index >= 15 is 0 Å². The second-order valence-corrected chi connectivity index (χ2v) is 5.42. The van der Waals surface area contributed by atoms with Gasteiger partial charge < -0.3 is 5.32 Å². The molecule has 0 aliphatic rings. The number of carbonyl (C=O) groups is 1. The van der Waals surface area contributed by atoms with Crippen molar-refractivity contribution in [1.29, 1.82) is 5.26 Å². The van der Waals surface area contributed by atoms with Gasteiger partial charge in [-0.2, -0.15) is 5.26 Å². The van der Waals surface area contributed by atoms with E-state index < -0.39 is 11.7 Å². The summed E-state index contributed by atoms with van der Waals surface area (Å²) >= 11 is 3.15. The maximum atomic E-state index is 13.7. The summed E-state index contributed by atoms with van der Waals surface area (Å²) in [5, 5.41) is 11.7. The van der Waals surface area contributed by atoms with Gasteiger partial charge in [-0.15, -0.1) is 0 Å². The van der Waals surface area contributed by atoms with Gasteiger partial charge in [-0.1, -0.05) is 52.3 Å². The van der Waals surface area contributed by atoms with E-state index in [0.717, 1.165) is 5.56 Å². The van der Waals surface area contributed by atoms with Crippen molar-refractivity contribution in [2.45, 2.75) is 6.54 Å². The van der Waals surface area contributed by atoms with Crippen LogP contribution >= 0.6 is 15.9 Å². The van der Waals surface area contributed by atoms with Gasteiger partial charge in [0.15, 0.2) is 0 Å². The second-order valence-electron chi connectivity index (χ2n) is 4.50. The zero-order valence-electron chi connectivity index (χ0n) is 11.5. The predicted octanol–water partition coefficient (Wildman–Crippen LogP) is 3.81. The molecule has 0 spiro atoms. The molecule has 110 valence electrons. The first-order valence-electron chi connectivity index (χ1n) is 6.49. The van der Waals surface area contributed by atoms with Crippen molar-refractivity contribution in [2.75, 3.05) is 0 Å². The van der Waals surface area contributed by atoms with Gasteiger partial charge in [0.25, 0.3) is 5.91 Å². The largest absolute Gasteiger partial charge is 0.347 e. The van der Waals surface area contributed by atoms with Crippen molar-refractivity contribution in [3.05, 3.63) is 75.5 Å². The molecule has 0 aliphatic carbocycles. The lowest BCUT2D eigenvalue weighted by molar-refractivity contribution is -0.117. The summed E-state index contributed by atoms with van der Waals surface area (Å²) < 4.78 is 14.3. The Morgan fingerprint density at radius 2 is 2.00 bits per heavy atom. The minimum atomic E-state index is -0.534. The fraction of sp³-hybridized carbons (Fsp3) is 0.0588. The van der Waals surface area contributed by atoms with Crippen molar-refractivity contribution in [3.63, 3.8) is 0 Å². The number of halogens is 2. The Balaban J connectivity index is 2.12. The highest BCUT2D eigenvalue weighted by Crippen LogP contribution is 2.17. The average Bonchev–Trinajstić information content (AvgIpc) is 2.53. The van der Waals surface area contributed by atoms with Crippen LogP contribution in [0.25, 0.3) is 6.08 Å². The average molecular weight is 359 g/mol. The second kappa shape index (κ2) is 7.53. The first kappa shape index (κ1) is 15.9. The van der Waals surface area contributed by atoms with Crippen molar-refractivity contribution in [3.8, 4) is 6.07 Å². The van der Waals surface area contributed by atoms with Crippen molar-refractivity contribution in [1.82, 2.24) is 5.32 Å². The number of nitriles is 1. The molecule has 2 rings (SSSR count). The number of nitrogens with zero attached hydrogens (tertiary/aromatic N) is 1. The van der Waals surface area contributed by atoms with E-state index in [-0.39, 0.29) is 11.1 Å². The number of carbonyl (C=O) groups excluding carboxylic acids is 1. The minimum Gasteiger partial charge on any atom is -0.347 e. The van der Waals surface area contributed by atoms with Crippen molar-refractivity contribution < 1.29 is 9.18 Å². The molecule has 0 fully saturated rings. The summed E-state index contributed by atoms with van der Waals surface area (Å²) in [5.41, 5.74) is 0.967. The first-order chi connectivity index (χ1) is 10.6. The molecule has 1 N–H and O–H groups in total. The maximum Gasteiger partial charge on any atom is 0.262 e. The zero-order valence-corrected chi connectivity index (χ0v) is 13.1. The molecule has 0 bridgehead atoms. The van der Waals surface area contributed by atoms with Crippen LogP contribution in [0.3, 0.4) is 0 Å². The maximum absolute atomic E-state index is 13.7. The van der Waals surface area contributed by atoms with Crippen LogP contribution in [0.1, 0.15) is 11.1 Å². The van der Waals surface area contributed by atoms with Crippen molar-refractivity contribution >= 4 is 27.9 Å². The predicted molar refractivity (Wildman–Crippen MR) is 86.0 cm³/mol. The lowest BCUT2D eigenvalue weighted by Gasteiger charge is -2.05. The quantitative estimate of drug-likeness (QED) is 0.667. The minimum absolute atomic E-state index is 0.142. The SMILES string of the molecule is N#CC(=Cc1ccc(Br)cc1F)C(=O)NCc1ccccc1. The molecule has 0 radical (unpaired) electrons. The fourth-order valence-corrected chi connectivity index (χ4v) is 2.13. The summed E-state index contributed by atoms with van der Waals surface area (Å²) in [7, 11) is 0. The van der Waals surface area contributed by atoms with Gasteiger partial charge in [-0.25, -0.2) is 4.39 Å². The third-order valence-electron chi connectivity index (χ3n) is 2.92. The summed E-state index contributed by atoms with van der Waals surface area (Å²) in [6, 6.07) is 15.6. The Hall–Kier alpha value is -2.45. The van der Waals surface area contributed by atoms with Gasteiger partial charge in [0.1, 0.15) is 17.5 Å². The fourth-order valence-electron chi connectivity index (χ4n) is 1.80. The molecule has 1 amide bonds. The number of benzene rings is 2. The molecule has 2 aromatic rings. The van der Waals surface area contributed by atoms with Crippen molar-refractivity contribution in [2.24, 2.45) is 0 Å². The molecule has 5 heteroatoms. The highest BCUT2D eigenvalue weighted by Gasteiger charge is 2.10. The van der Waals surface area contributed by atoms with E-state index in [9.17, 15) is 9.18 Å². The first-order valence-corrected chi connectivity index (χ1v) is 7.28. The summed E-state index contributed by atoms with van der Waals surface area (Å²) in [6.45, 7) is 0.307.